The van der Waals surface area contributed by atoms with Gasteiger partial charge in [-0.05, 0) is 44.9 Å². The van der Waals surface area contributed by atoms with Crippen LogP contribution in [0.15, 0.2) is 12.2 Å². The molecule has 0 bridgehead atoms. The predicted molar refractivity (Wildman–Crippen MR) is 255 cm³/mol. The zero-order valence-electron chi connectivity index (χ0n) is 39.5. The molecule has 0 rings (SSSR count). The largest absolute Gasteiger partial charge is 0.481 e. The maximum atomic E-state index is 12.0. The van der Waals surface area contributed by atoms with Crippen molar-refractivity contribution in [2.45, 2.75) is 315 Å². The van der Waals surface area contributed by atoms with Crippen molar-refractivity contribution in [3.8, 4) is 0 Å². The number of unbranched alkanes of at least 4 members (excludes halogenated alkanes) is 43. The van der Waals surface area contributed by atoms with E-state index in [0.29, 0.717) is 19.4 Å². The van der Waals surface area contributed by atoms with E-state index < -0.39 is 5.97 Å². The zero-order chi connectivity index (χ0) is 41.9. The van der Waals surface area contributed by atoms with Crippen LogP contribution in [0, 0.1) is 0 Å². The van der Waals surface area contributed by atoms with E-state index in [2.05, 4.69) is 19.1 Å². The maximum Gasteiger partial charge on any atom is 0.305 e. The maximum absolute atomic E-state index is 12.0. The van der Waals surface area contributed by atoms with Crippen LogP contribution in [0.4, 0.5) is 0 Å². The first kappa shape index (κ1) is 56.7. The summed E-state index contributed by atoms with van der Waals surface area (Å²) in [6.45, 7) is 2.91. The molecule has 4 nitrogen and oxygen atoms in total. The van der Waals surface area contributed by atoms with Crippen LogP contribution in [0.2, 0.25) is 0 Å². The molecule has 0 aliphatic rings. The molecular weight excluding hydrogens is 713 g/mol. The quantitative estimate of drug-likeness (QED) is 0.0377. The highest BCUT2D eigenvalue weighted by Gasteiger charge is 2.03. The molecule has 0 saturated heterocycles. The molecule has 0 saturated carbocycles. The van der Waals surface area contributed by atoms with Gasteiger partial charge >= 0.3 is 11.9 Å². The van der Waals surface area contributed by atoms with Crippen molar-refractivity contribution in [1.29, 1.82) is 0 Å². The number of esters is 1. The number of carboxylic acid groups (broad SMARTS) is 1. The third-order valence-corrected chi connectivity index (χ3v) is 12.4. The van der Waals surface area contributed by atoms with Gasteiger partial charge < -0.3 is 9.84 Å². The number of carbonyl (C=O) groups is 2. The van der Waals surface area contributed by atoms with Gasteiger partial charge in [0.15, 0.2) is 0 Å². The van der Waals surface area contributed by atoms with Crippen molar-refractivity contribution in [3.63, 3.8) is 0 Å². The van der Waals surface area contributed by atoms with E-state index in [4.69, 9.17) is 9.84 Å². The average Bonchev–Trinajstić information content (AvgIpc) is 3.22. The van der Waals surface area contributed by atoms with Gasteiger partial charge in [-0.25, -0.2) is 0 Å². The number of ether oxygens (including phenoxy) is 1. The van der Waals surface area contributed by atoms with Gasteiger partial charge in [0.1, 0.15) is 0 Å². The van der Waals surface area contributed by atoms with Crippen molar-refractivity contribution in [3.05, 3.63) is 12.2 Å². The minimum absolute atomic E-state index is 0.0196. The number of hydrogen-bond acceptors (Lipinski definition) is 3. The average molecular weight is 817 g/mol. The molecule has 0 aliphatic heterocycles. The Morgan fingerprint density at radius 3 is 0.862 bits per heavy atom. The summed E-state index contributed by atoms with van der Waals surface area (Å²) in [5, 5.41) is 8.67. The SMILES string of the molecule is CCCCCCCCC=CCCCCCCCCCC(=O)OCCCCCCCCCCCCCCCCCCCCCCCCCCCCCCCCCC(=O)O. The monoisotopic (exact) mass is 817 g/mol. The second-order valence-electron chi connectivity index (χ2n) is 18.4. The van der Waals surface area contributed by atoms with Gasteiger partial charge in [0.2, 0.25) is 0 Å². The molecule has 0 aromatic carbocycles. The van der Waals surface area contributed by atoms with E-state index in [9.17, 15) is 9.59 Å². The smallest absolute Gasteiger partial charge is 0.305 e. The summed E-state index contributed by atoms with van der Waals surface area (Å²) in [5.41, 5.74) is 0. The summed E-state index contributed by atoms with van der Waals surface area (Å²) < 4.78 is 5.49. The van der Waals surface area contributed by atoms with Gasteiger partial charge in [-0.1, -0.05) is 269 Å². The second kappa shape index (κ2) is 51.8. The number of carboxylic acids is 1. The molecule has 0 spiro atoms. The summed E-state index contributed by atoms with van der Waals surface area (Å²) in [7, 11) is 0. The number of allylic oxidation sites excluding steroid dienone is 2. The lowest BCUT2D eigenvalue weighted by Gasteiger charge is -2.06. The number of rotatable bonds is 51. The Bertz CT molecular complexity index is 822. The summed E-state index contributed by atoms with van der Waals surface area (Å²) in [6, 6.07) is 0. The Morgan fingerprint density at radius 1 is 0.328 bits per heavy atom. The Morgan fingerprint density at radius 2 is 0.569 bits per heavy atom. The molecule has 4 heteroatoms. The zero-order valence-corrected chi connectivity index (χ0v) is 39.5. The van der Waals surface area contributed by atoms with Crippen LogP contribution in [0.1, 0.15) is 315 Å². The lowest BCUT2D eigenvalue weighted by Crippen LogP contribution is -2.05. The van der Waals surface area contributed by atoms with Gasteiger partial charge in [0, 0.05) is 12.8 Å². The van der Waals surface area contributed by atoms with E-state index in [1.165, 1.54) is 270 Å². The molecule has 0 radical (unpaired) electrons. The van der Waals surface area contributed by atoms with Crippen LogP contribution in [0.3, 0.4) is 0 Å². The van der Waals surface area contributed by atoms with E-state index in [1.807, 2.05) is 0 Å². The number of carbonyl (C=O) groups excluding carboxylic acids is 1. The van der Waals surface area contributed by atoms with Crippen molar-refractivity contribution in [1.82, 2.24) is 0 Å². The van der Waals surface area contributed by atoms with Crippen molar-refractivity contribution >= 4 is 11.9 Å². The highest BCUT2D eigenvalue weighted by Crippen LogP contribution is 2.18. The summed E-state index contributed by atoms with van der Waals surface area (Å²) >= 11 is 0. The fourth-order valence-electron chi connectivity index (χ4n) is 8.46. The lowest BCUT2D eigenvalue weighted by atomic mass is 10.0. The van der Waals surface area contributed by atoms with E-state index in [-0.39, 0.29) is 5.97 Å². The molecule has 0 fully saturated rings. The summed E-state index contributed by atoms with van der Waals surface area (Å²) in [4.78, 5) is 22.6. The molecule has 344 valence electrons. The first-order valence-electron chi connectivity index (χ1n) is 26.7. The van der Waals surface area contributed by atoms with Gasteiger partial charge in [-0.3, -0.25) is 9.59 Å². The van der Waals surface area contributed by atoms with Crippen LogP contribution in [-0.2, 0) is 14.3 Å². The first-order valence-corrected chi connectivity index (χ1v) is 26.7. The molecule has 0 atom stereocenters. The standard InChI is InChI=1S/C54H104O4/c1-2-3-4-5-6-7-8-9-10-26-30-33-36-39-42-45-48-51-54(57)58-52-49-46-43-40-37-34-31-28-25-23-21-19-17-15-13-11-12-14-16-18-20-22-24-27-29-32-35-38-41-44-47-50-53(55)56/h9-10H,2-8,11-52H2,1H3,(H,55,56). The highest BCUT2D eigenvalue weighted by atomic mass is 16.5. The molecule has 0 amide bonds. The molecule has 0 aromatic rings. The second-order valence-corrected chi connectivity index (χ2v) is 18.4. The lowest BCUT2D eigenvalue weighted by molar-refractivity contribution is -0.144. The van der Waals surface area contributed by atoms with E-state index in [1.54, 1.807) is 0 Å². The molecule has 58 heavy (non-hydrogen) atoms. The molecule has 0 heterocycles. The highest BCUT2D eigenvalue weighted by molar-refractivity contribution is 5.69. The van der Waals surface area contributed by atoms with Crippen LogP contribution in [-0.4, -0.2) is 23.7 Å². The molecule has 1 N–H and O–H groups in total. The minimum atomic E-state index is -0.652. The summed E-state index contributed by atoms with van der Waals surface area (Å²) in [5.74, 6) is -0.632. The number of hydrogen-bond donors (Lipinski definition) is 1. The fraction of sp³-hybridized carbons (Fsp3) is 0.926. The van der Waals surface area contributed by atoms with Crippen LogP contribution in [0.25, 0.3) is 0 Å². The Hall–Kier alpha value is -1.32. The molecular formula is C54H104O4. The Balaban J connectivity index is 3.15. The van der Waals surface area contributed by atoms with Gasteiger partial charge in [0.25, 0.3) is 0 Å². The first-order chi connectivity index (χ1) is 28.7. The fourth-order valence-corrected chi connectivity index (χ4v) is 8.46. The third kappa shape index (κ3) is 52.7. The van der Waals surface area contributed by atoms with Crippen molar-refractivity contribution in [2.24, 2.45) is 0 Å². The Kier molecular flexibility index (Phi) is 50.6. The predicted octanol–water partition coefficient (Wildman–Crippen LogP) is 18.9. The van der Waals surface area contributed by atoms with Gasteiger partial charge in [0.05, 0.1) is 6.61 Å². The van der Waals surface area contributed by atoms with E-state index in [0.717, 1.165) is 25.7 Å². The van der Waals surface area contributed by atoms with Crippen LogP contribution >= 0.6 is 0 Å². The van der Waals surface area contributed by atoms with Gasteiger partial charge in [-0.2, -0.15) is 0 Å². The van der Waals surface area contributed by atoms with Crippen LogP contribution < -0.4 is 0 Å². The normalized spacial score (nSPS) is 11.6. The third-order valence-electron chi connectivity index (χ3n) is 12.4. The Labute approximate surface area is 364 Å². The molecule has 0 aromatic heterocycles. The molecule has 0 aliphatic carbocycles. The van der Waals surface area contributed by atoms with E-state index >= 15 is 0 Å². The topological polar surface area (TPSA) is 63.6 Å². The van der Waals surface area contributed by atoms with Gasteiger partial charge in [-0.15, -0.1) is 0 Å². The summed E-state index contributed by atoms with van der Waals surface area (Å²) in [6.07, 6.45) is 67.3. The number of aliphatic carboxylic acids is 1. The minimum Gasteiger partial charge on any atom is -0.481 e. The van der Waals surface area contributed by atoms with Crippen LogP contribution in [0.5, 0.6) is 0 Å². The van der Waals surface area contributed by atoms with Crippen molar-refractivity contribution < 1.29 is 19.4 Å². The molecule has 0 unspecified atom stereocenters. The van der Waals surface area contributed by atoms with Crippen molar-refractivity contribution in [2.75, 3.05) is 6.61 Å².